The quantitative estimate of drug-likeness (QED) is 0.252. The average Bonchev–Trinajstić information content (AvgIpc) is 2.78. The average molecular weight is 432 g/mol. The summed E-state index contributed by atoms with van der Waals surface area (Å²) in [5.41, 5.74) is 1.83. The molecule has 0 aromatic heterocycles. The van der Waals surface area contributed by atoms with Gasteiger partial charge in [-0.1, -0.05) is 36.4 Å². The van der Waals surface area contributed by atoms with E-state index in [0.29, 0.717) is 16.8 Å². The Hall–Kier alpha value is -4.33. The Bertz CT molecular complexity index is 1170. The Morgan fingerprint density at radius 2 is 1.59 bits per heavy atom. The van der Waals surface area contributed by atoms with E-state index < -0.39 is 22.8 Å². The van der Waals surface area contributed by atoms with Gasteiger partial charge in [-0.25, -0.2) is 4.79 Å². The lowest BCUT2D eigenvalue weighted by atomic mass is 9.99. The molecule has 0 fully saturated rings. The van der Waals surface area contributed by atoms with Crippen LogP contribution in [0.3, 0.4) is 0 Å². The molecule has 0 heterocycles. The van der Waals surface area contributed by atoms with Crippen LogP contribution in [0.1, 0.15) is 44.9 Å². The number of carbonyl (C=O) groups is 3. The third-order valence-corrected chi connectivity index (χ3v) is 4.71. The molecule has 162 valence electrons. The number of nitro groups is 1. The number of benzene rings is 3. The van der Waals surface area contributed by atoms with E-state index in [9.17, 15) is 24.5 Å². The van der Waals surface area contributed by atoms with Gasteiger partial charge in [0.25, 0.3) is 5.69 Å². The summed E-state index contributed by atoms with van der Waals surface area (Å²) in [6.07, 6.45) is -1.31. The topological polar surface area (TPSA) is 116 Å². The standard InChI is InChI=1S/C24H20N2O6/c1-15-8-9-19(14-21(15)25-16(2)27)24(29)32-23(22(28)17-6-4-3-5-7-17)18-10-12-20(13-11-18)26(30)31/h3-14,23H,1-2H3,(H,25,27)/t23-/m0/s1. The molecular weight excluding hydrogens is 412 g/mol. The molecule has 0 saturated heterocycles. The van der Waals surface area contributed by atoms with Crippen LogP contribution in [0.15, 0.2) is 72.8 Å². The maximum atomic E-state index is 13.1. The molecule has 0 aliphatic carbocycles. The first-order valence-corrected chi connectivity index (χ1v) is 9.69. The highest BCUT2D eigenvalue weighted by Gasteiger charge is 2.27. The van der Waals surface area contributed by atoms with E-state index in [2.05, 4.69) is 5.32 Å². The predicted octanol–water partition coefficient (Wildman–Crippen LogP) is 4.64. The lowest BCUT2D eigenvalue weighted by Gasteiger charge is -2.18. The number of aryl methyl sites for hydroxylation is 1. The second kappa shape index (κ2) is 9.65. The van der Waals surface area contributed by atoms with Crippen LogP contribution >= 0.6 is 0 Å². The summed E-state index contributed by atoms with van der Waals surface area (Å²) in [5, 5.41) is 13.6. The Morgan fingerprint density at radius 1 is 0.938 bits per heavy atom. The number of amides is 1. The van der Waals surface area contributed by atoms with Crippen molar-refractivity contribution >= 4 is 29.0 Å². The number of non-ortho nitro benzene ring substituents is 1. The van der Waals surface area contributed by atoms with Gasteiger partial charge in [-0.05, 0) is 36.8 Å². The molecule has 1 N–H and O–H groups in total. The fraction of sp³-hybridized carbons (Fsp3) is 0.125. The fourth-order valence-corrected chi connectivity index (χ4v) is 3.05. The molecule has 3 aromatic rings. The molecule has 0 bridgehead atoms. The van der Waals surface area contributed by atoms with Crippen LogP contribution < -0.4 is 5.32 Å². The Balaban J connectivity index is 1.95. The van der Waals surface area contributed by atoms with Crippen LogP contribution in [0, 0.1) is 17.0 Å². The normalized spacial score (nSPS) is 11.3. The summed E-state index contributed by atoms with van der Waals surface area (Å²) < 4.78 is 5.57. The minimum Gasteiger partial charge on any atom is -0.445 e. The number of ether oxygens (including phenoxy) is 1. The van der Waals surface area contributed by atoms with E-state index in [4.69, 9.17) is 4.74 Å². The second-order valence-electron chi connectivity index (χ2n) is 7.08. The molecule has 1 amide bonds. The highest BCUT2D eigenvalue weighted by Crippen LogP contribution is 2.27. The number of nitro benzene ring substituents is 1. The second-order valence-corrected chi connectivity index (χ2v) is 7.08. The van der Waals surface area contributed by atoms with Crippen LogP contribution in [0.25, 0.3) is 0 Å². The lowest BCUT2D eigenvalue weighted by Crippen LogP contribution is -2.20. The fourth-order valence-electron chi connectivity index (χ4n) is 3.05. The van der Waals surface area contributed by atoms with Crippen LogP contribution in [-0.4, -0.2) is 22.6 Å². The zero-order valence-electron chi connectivity index (χ0n) is 17.4. The molecule has 3 aromatic carbocycles. The monoisotopic (exact) mass is 432 g/mol. The van der Waals surface area contributed by atoms with E-state index in [1.54, 1.807) is 43.3 Å². The van der Waals surface area contributed by atoms with Gasteiger partial charge in [0, 0.05) is 35.9 Å². The summed E-state index contributed by atoms with van der Waals surface area (Å²) in [4.78, 5) is 47.8. The van der Waals surface area contributed by atoms with E-state index >= 15 is 0 Å². The highest BCUT2D eigenvalue weighted by atomic mass is 16.6. The molecule has 0 aliphatic rings. The maximum Gasteiger partial charge on any atom is 0.339 e. The van der Waals surface area contributed by atoms with Crippen molar-refractivity contribution in [3.63, 3.8) is 0 Å². The first-order chi connectivity index (χ1) is 15.3. The van der Waals surface area contributed by atoms with E-state index in [1.165, 1.54) is 43.3 Å². The minimum absolute atomic E-state index is 0.145. The zero-order valence-corrected chi connectivity index (χ0v) is 17.4. The number of nitrogens with one attached hydrogen (secondary N) is 1. The minimum atomic E-state index is -1.31. The van der Waals surface area contributed by atoms with Gasteiger partial charge in [-0.2, -0.15) is 0 Å². The van der Waals surface area contributed by atoms with E-state index in [-0.39, 0.29) is 17.2 Å². The molecule has 0 unspecified atom stereocenters. The molecule has 0 spiro atoms. The smallest absolute Gasteiger partial charge is 0.339 e. The first kappa shape index (κ1) is 22.4. The number of esters is 1. The third kappa shape index (κ3) is 5.23. The molecule has 0 aliphatic heterocycles. The Kier molecular flexibility index (Phi) is 6.74. The van der Waals surface area contributed by atoms with Crippen molar-refractivity contribution in [2.45, 2.75) is 20.0 Å². The van der Waals surface area contributed by atoms with Gasteiger partial charge in [-0.15, -0.1) is 0 Å². The van der Waals surface area contributed by atoms with Crippen molar-refractivity contribution < 1.29 is 24.0 Å². The molecule has 0 saturated carbocycles. The van der Waals surface area contributed by atoms with Crippen molar-refractivity contribution in [1.82, 2.24) is 0 Å². The summed E-state index contributed by atoms with van der Waals surface area (Å²) in [6, 6.07) is 18.2. The number of Topliss-reactive ketones (excluding diaryl/α,β-unsaturated/α-hetero) is 1. The molecule has 1 atom stereocenters. The maximum absolute atomic E-state index is 13.1. The largest absolute Gasteiger partial charge is 0.445 e. The Labute approximate surface area is 184 Å². The molecule has 0 radical (unpaired) electrons. The number of nitrogens with zero attached hydrogens (tertiary/aromatic N) is 1. The molecule has 8 nitrogen and oxygen atoms in total. The summed E-state index contributed by atoms with van der Waals surface area (Å²) in [7, 11) is 0. The molecule has 32 heavy (non-hydrogen) atoms. The number of rotatable bonds is 7. The van der Waals surface area contributed by atoms with E-state index in [1.807, 2.05) is 0 Å². The third-order valence-electron chi connectivity index (χ3n) is 4.71. The van der Waals surface area contributed by atoms with Gasteiger partial charge < -0.3 is 10.1 Å². The van der Waals surface area contributed by atoms with Crippen LogP contribution in [0.5, 0.6) is 0 Å². The van der Waals surface area contributed by atoms with Gasteiger partial charge in [0.15, 0.2) is 6.10 Å². The van der Waals surface area contributed by atoms with Crippen molar-refractivity contribution in [3.05, 3.63) is 105 Å². The van der Waals surface area contributed by atoms with Crippen molar-refractivity contribution in [2.75, 3.05) is 5.32 Å². The Morgan fingerprint density at radius 3 is 2.19 bits per heavy atom. The van der Waals surface area contributed by atoms with Gasteiger partial charge in [0.05, 0.1) is 10.5 Å². The van der Waals surface area contributed by atoms with Gasteiger partial charge in [0.1, 0.15) is 0 Å². The summed E-state index contributed by atoms with van der Waals surface area (Å²) in [5.74, 6) is -1.53. The first-order valence-electron chi connectivity index (χ1n) is 9.69. The highest BCUT2D eigenvalue weighted by molar-refractivity contribution is 6.02. The van der Waals surface area contributed by atoms with Crippen molar-refractivity contribution in [2.24, 2.45) is 0 Å². The predicted molar refractivity (Wildman–Crippen MR) is 118 cm³/mol. The number of anilines is 1. The van der Waals surface area contributed by atoms with Crippen LogP contribution in [0.4, 0.5) is 11.4 Å². The molecule has 8 heteroatoms. The van der Waals surface area contributed by atoms with E-state index in [0.717, 1.165) is 5.56 Å². The van der Waals surface area contributed by atoms with Gasteiger partial charge >= 0.3 is 5.97 Å². The number of carbonyl (C=O) groups excluding carboxylic acids is 3. The molecule has 3 rings (SSSR count). The number of hydrogen-bond acceptors (Lipinski definition) is 6. The summed E-state index contributed by atoms with van der Waals surface area (Å²) >= 11 is 0. The number of ketones is 1. The SMILES string of the molecule is CC(=O)Nc1cc(C(=O)O[C@H](C(=O)c2ccccc2)c2ccc([N+](=O)[O-])cc2)ccc1C. The van der Waals surface area contributed by atoms with Crippen molar-refractivity contribution in [1.29, 1.82) is 0 Å². The summed E-state index contributed by atoms with van der Waals surface area (Å²) in [6.45, 7) is 3.13. The van der Waals surface area contributed by atoms with Gasteiger partial charge in [-0.3, -0.25) is 19.7 Å². The van der Waals surface area contributed by atoms with Crippen LogP contribution in [-0.2, 0) is 9.53 Å². The zero-order chi connectivity index (χ0) is 23.3. The van der Waals surface area contributed by atoms with Gasteiger partial charge in [0.2, 0.25) is 11.7 Å². The number of hydrogen-bond donors (Lipinski definition) is 1. The van der Waals surface area contributed by atoms with Crippen molar-refractivity contribution in [3.8, 4) is 0 Å². The molecular formula is C24H20N2O6. The lowest BCUT2D eigenvalue weighted by molar-refractivity contribution is -0.384. The van der Waals surface area contributed by atoms with Crippen LogP contribution in [0.2, 0.25) is 0 Å².